The van der Waals surface area contributed by atoms with Crippen LogP contribution in [0.15, 0.2) is 24.3 Å². The molecule has 2 fully saturated rings. The molecule has 4 aliphatic rings. The molecular formula is C11H10Br2. The fourth-order valence-corrected chi connectivity index (χ4v) is 6.04. The number of hydrogen-bond acceptors (Lipinski definition) is 0. The van der Waals surface area contributed by atoms with Gasteiger partial charge in [-0.3, -0.25) is 0 Å². The highest BCUT2D eigenvalue weighted by Gasteiger charge is 2.75. The maximum absolute atomic E-state index is 3.81. The van der Waals surface area contributed by atoms with E-state index < -0.39 is 0 Å². The molecule has 4 rings (SSSR count). The molecular weight excluding hydrogens is 292 g/mol. The molecule has 0 radical (unpaired) electrons. The standard InChI is InChI=1S/C11H10Br2/c12-11(13)9-6-3-1-5-2-4-7(8(5)6)10(9)11/h1-10H/t5?,6?,7?,8?,9-,10+. The van der Waals surface area contributed by atoms with Crippen LogP contribution in [-0.2, 0) is 0 Å². The van der Waals surface area contributed by atoms with Gasteiger partial charge in [0.05, 0.1) is 3.23 Å². The molecule has 13 heavy (non-hydrogen) atoms. The minimum atomic E-state index is 0.278. The molecule has 0 saturated heterocycles. The second-order valence-corrected chi connectivity index (χ2v) is 8.49. The van der Waals surface area contributed by atoms with Gasteiger partial charge in [-0.25, -0.2) is 0 Å². The van der Waals surface area contributed by atoms with Gasteiger partial charge in [-0.15, -0.1) is 0 Å². The topological polar surface area (TPSA) is 0 Å². The first kappa shape index (κ1) is 7.70. The largest absolute Gasteiger partial charge is 0.0880 e. The molecule has 0 aliphatic heterocycles. The maximum Gasteiger partial charge on any atom is 0.0880 e. The fourth-order valence-electron chi connectivity index (χ4n) is 3.95. The zero-order chi connectivity index (χ0) is 8.79. The number of hydrogen-bond donors (Lipinski definition) is 0. The van der Waals surface area contributed by atoms with Crippen LogP contribution < -0.4 is 0 Å². The third-order valence-corrected chi connectivity index (χ3v) is 6.56. The van der Waals surface area contributed by atoms with Crippen LogP contribution in [0, 0.1) is 35.5 Å². The number of alkyl halides is 2. The van der Waals surface area contributed by atoms with Crippen molar-refractivity contribution in [3.05, 3.63) is 24.3 Å². The highest BCUT2D eigenvalue weighted by Crippen LogP contribution is 2.78. The highest BCUT2D eigenvalue weighted by atomic mass is 79.9. The van der Waals surface area contributed by atoms with Crippen molar-refractivity contribution >= 4 is 31.9 Å². The highest BCUT2D eigenvalue weighted by molar-refractivity contribution is 9.25. The molecule has 68 valence electrons. The zero-order valence-electron chi connectivity index (χ0n) is 7.03. The smallest absolute Gasteiger partial charge is 0.0841 e. The molecule has 0 amide bonds. The van der Waals surface area contributed by atoms with Gasteiger partial charge in [0.25, 0.3) is 0 Å². The van der Waals surface area contributed by atoms with Crippen molar-refractivity contribution < 1.29 is 0 Å². The second kappa shape index (κ2) is 2.01. The van der Waals surface area contributed by atoms with Crippen LogP contribution in [-0.4, -0.2) is 3.23 Å². The number of allylic oxidation sites excluding steroid dienone is 4. The molecule has 2 heteroatoms. The van der Waals surface area contributed by atoms with Gasteiger partial charge in [-0.2, -0.15) is 0 Å². The average molecular weight is 302 g/mol. The SMILES string of the molecule is BrC1(Br)[C@@H]2C3C=CC4C=CC(C43)[C@@H]21. The van der Waals surface area contributed by atoms with E-state index in [1.807, 2.05) is 0 Å². The van der Waals surface area contributed by atoms with Gasteiger partial charge in [0.2, 0.25) is 0 Å². The van der Waals surface area contributed by atoms with E-state index in [0.717, 1.165) is 35.5 Å². The van der Waals surface area contributed by atoms with Crippen LogP contribution in [0.25, 0.3) is 0 Å². The van der Waals surface area contributed by atoms with E-state index in [1.165, 1.54) is 0 Å². The van der Waals surface area contributed by atoms with Crippen LogP contribution in [0.4, 0.5) is 0 Å². The second-order valence-electron chi connectivity index (χ2n) is 4.81. The maximum atomic E-state index is 3.81. The first-order valence-corrected chi connectivity index (χ1v) is 6.54. The summed E-state index contributed by atoms with van der Waals surface area (Å²) in [5.74, 6) is 5.10. The van der Waals surface area contributed by atoms with Crippen molar-refractivity contribution in [3.8, 4) is 0 Å². The van der Waals surface area contributed by atoms with E-state index in [4.69, 9.17) is 0 Å². The van der Waals surface area contributed by atoms with Crippen molar-refractivity contribution in [1.82, 2.24) is 0 Å². The third kappa shape index (κ3) is 0.687. The van der Waals surface area contributed by atoms with Crippen molar-refractivity contribution in [2.75, 3.05) is 0 Å². The van der Waals surface area contributed by atoms with Gasteiger partial charge in [0.15, 0.2) is 0 Å². The summed E-state index contributed by atoms with van der Waals surface area (Å²) in [4.78, 5) is 0. The van der Waals surface area contributed by atoms with Gasteiger partial charge in [-0.05, 0) is 35.5 Å². The van der Waals surface area contributed by atoms with Crippen LogP contribution in [0.1, 0.15) is 0 Å². The molecule has 0 aromatic carbocycles. The minimum Gasteiger partial charge on any atom is -0.0841 e. The van der Waals surface area contributed by atoms with Crippen LogP contribution in [0.2, 0.25) is 0 Å². The average Bonchev–Trinajstić information content (AvgIpc) is 2.56. The van der Waals surface area contributed by atoms with Crippen LogP contribution >= 0.6 is 31.9 Å². The normalized spacial score (nSPS) is 62.6. The number of fused-ring (bicyclic) bond motifs is 3. The Morgan fingerprint density at radius 1 is 0.846 bits per heavy atom. The molecule has 0 bridgehead atoms. The fraction of sp³-hybridized carbons (Fsp3) is 0.636. The monoisotopic (exact) mass is 300 g/mol. The Labute approximate surface area is 94.7 Å². The van der Waals surface area contributed by atoms with E-state index in [2.05, 4.69) is 56.2 Å². The van der Waals surface area contributed by atoms with E-state index in [-0.39, 0.29) is 3.23 Å². The summed E-state index contributed by atoms with van der Waals surface area (Å²) in [6.45, 7) is 0. The van der Waals surface area contributed by atoms with E-state index >= 15 is 0 Å². The molecule has 0 N–H and O–H groups in total. The van der Waals surface area contributed by atoms with E-state index in [0.29, 0.717) is 0 Å². The molecule has 0 aromatic rings. The third-order valence-electron chi connectivity index (χ3n) is 4.44. The van der Waals surface area contributed by atoms with E-state index in [1.54, 1.807) is 0 Å². The van der Waals surface area contributed by atoms with Gasteiger partial charge in [0, 0.05) is 0 Å². The molecule has 6 atom stereocenters. The molecule has 0 spiro atoms. The molecule has 0 nitrogen and oxygen atoms in total. The van der Waals surface area contributed by atoms with Crippen molar-refractivity contribution in [1.29, 1.82) is 0 Å². The Morgan fingerprint density at radius 2 is 1.38 bits per heavy atom. The lowest BCUT2D eigenvalue weighted by molar-refractivity contribution is 0.342. The predicted molar refractivity (Wildman–Crippen MR) is 59.8 cm³/mol. The van der Waals surface area contributed by atoms with Crippen molar-refractivity contribution in [3.63, 3.8) is 0 Å². The van der Waals surface area contributed by atoms with Crippen LogP contribution in [0.5, 0.6) is 0 Å². The number of rotatable bonds is 0. The summed E-state index contributed by atoms with van der Waals surface area (Å²) >= 11 is 7.63. The lowest BCUT2D eigenvalue weighted by Crippen LogP contribution is -2.20. The zero-order valence-corrected chi connectivity index (χ0v) is 10.2. The Bertz CT molecular complexity index is 312. The van der Waals surface area contributed by atoms with Gasteiger partial charge < -0.3 is 0 Å². The summed E-state index contributed by atoms with van der Waals surface area (Å²) in [7, 11) is 0. The molecule has 0 aromatic heterocycles. The molecule has 0 heterocycles. The number of halogens is 2. The Morgan fingerprint density at radius 3 is 1.92 bits per heavy atom. The lowest BCUT2D eigenvalue weighted by Gasteiger charge is -2.22. The quantitative estimate of drug-likeness (QED) is 0.475. The minimum absolute atomic E-state index is 0.278. The van der Waals surface area contributed by atoms with E-state index in [9.17, 15) is 0 Å². The Kier molecular flexibility index (Phi) is 1.19. The Balaban J connectivity index is 1.85. The van der Waals surface area contributed by atoms with Gasteiger partial charge in [0.1, 0.15) is 0 Å². The van der Waals surface area contributed by atoms with Gasteiger partial charge >= 0.3 is 0 Å². The van der Waals surface area contributed by atoms with Crippen molar-refractivity contribution in [2.24, 2.45) is 35.5 Å². The summed E-state index contributed by atoms with van der Waals surface area (Å²) in [5.41, 5.74) is 0. The summed E-state index contributed by atoms with van der Waals surface area (Å²) in [6.07, 6.45) is 9.74. The van der Waals surface area contributed by atoms with Crippen LogP contribution in [0.3, 0.4) is 0 Å². The van der Waals surface area contributed by atoms with Gasteiger partial charge in [-0.1, -0.05) is 56.2 Å². The molecule has 4 unspecified atom stereocenters. The first-order chi connectivity index (χ1) is 6.21. The predicted octanol–water partition coefficient (Wildman–Crippen LogP) is 3.34. The molecule has 2 saturated carbocycles. The summed E-state index contributed by atoms with van der Waals surface area (Å²) in [5, 5.41) is 0. The first-order valence-electron chi connectivity index (χ1n) is 4.96. The lowest BCUT2D eigenvalue weighted by atomic mass is 9.85. The summed E-state index contributed by atoms with van der Waals surface area (Å²) < 4.78 is 0.278. The van der Waals surface area contributed by atoms with Crippen molar-refractivity contribution in [2.45, 2.75) is 3.23 Å². The molecule has 4 aliphatic carbocycles. The Hall–Kier alpha value is 0.440. The summed E-state index contributed by atoms with van der Waals surface area (Å²) in [6, 6.07) is 0.